The van der Waals surface area contributed by atoms with Crippen LogP contribution >= 0.6 is 0 Å². The molecule has 6 heteroatoms. The van der Waals surface area contributed by atoms with Gasteiger partial charge in [0, 0.05) is 31.8 Å². The Labute approximate surface area is 145 Å². The second-order valence-electron chi connectivity index (χ2n) is 5.65. The zero-order chi connectivity index (χ0) is 17.8. The van der Waals surface area contributed by atoms with Crippen molar-refractivity contribution in [1.82, 2.24) is 16.0 Å². The van der Waals surface area contributed by atoms with Crippen LogP contribution < -0.4 is 16.0 Å². The van der Waals surface area contributed by atoms with Crippen LogP contribution in [0.2, 0.25) is 0 Å². The number of carbonyl (C=O) groups is 1. The Hall–Kier alpha value is -2.08. The van der Waals surface area contributed by atoms with E-state index in [0.717, 1.165) is 24.5 Å². The Morgan fingerprint density at radius 3 is 2.75 bits per heavy atom. The number of rotatable bonds is 9. The molecule has 0 saturated heterocycles. The Morgan fingerprint density at radius 2 is 2.08 bits per heavy atom. The minimum atomic E-state index is -0.0403. The van der Waals surface area contributed by atoms with Crippen LogP contribution in [0.1, 0.15) is 43.1 Å². The van der Waals surface area contributed by atoms with Crippen molar-refractivity contribution in [3.63, 3.8) is 0 Å². The highest BCUT2D eigenvalue weighted by Gasteiger charge is 2.06. The molecule has 6 nitrogen and oxygen atoms in total. The van der Waals surface area contributed by atoms with Crippen LogP contribution in [0.25, 0.3) is 0 Å². The van der Waals surface area contributed by atoms with Gasteiger partial charge in [-0.1, -0.05) is 19.1 Å². The molecule has 0 aliphatic heterocycles. The van der Waals surface area contributed by atoms with Gasteiger partial charge >= 0.3 is 0 Å². The standard InChI is InChI=1S/C18H30N4O2/c1-5-10-20-17(23)16-9-7-8-15(11-16)12-21-18(19-6-2)22-14(3)13-24-4/h7-9,11,14H,5-6,10,12-13H2,1-4H3,(H,20,23)(H2,19,21,22). The van der Waals surface area contributed by atoms with E-state index in [0.29, 0.717) is 25.3 Å². The fraction of sp³-hybridized carbons (Fsp3) is 0.556. The first-order valence-electron chi connectivity index (χ1n) is 8.51. The van der Waals surface area contributed by atoms with Gasteiger partial charge in [-0.25, -0.2) is 4.99 Å². The van der Waals surface area contributed by atoms with Gasteiger partial charge in [-0.3, -0.25) is 4.79 Å². The molecule has 0 aliphatic rings. The van der Waals surface area contributed by atoms with Crippen molar-refractivity contribution in [3.8, 4) is 0 Å². The smallest absolute Gasteiger partial charge is 0.251 e. The fourth-order valence-corrected chi connectivity index (χ4v) is 2.17. The van der Waals surface area contributed by atoms with Crippen molar-refractivity contribution in [2.45, 2.75) is 39.8 Å². The summed E-state index contributed by atoms with van der Waals surface area (Å²) in [6, 6.07) is 7.74. The summed E-state index contributed by atoms with van der Waals surface area (Å²) in [6.07, 6.45) is 0.924. The van der Waals surface area contributed by atoms with Crippen LogP contribution in [-0.2, 0) is 11.3 Å². The van der Waals surface area contributed by atoms with E-state index in [4.69, 9.17) is 4.74 Å². The highest BCUT2D eigenvalue weighted by Crippen LogP contribution is 2.07. The monoisotopic (exact) mass is 334 g/mol. The molecule has 3 N–H and O–H groups in total. The Morgan fingerprint density at radius 1 is 1.29 bits per heavy atom. The molecule has 1 aromatic rings. The molecular formula is C18H30N4O2. The zero-order valence-electron chi connectivity index (χ0n) is 15.2. The van der Waals surface area contributed by atoms with E-state index >= 15 is 0 Å². The van der Waals surface area contributed by atoms with Crippen LogP contribution in [-0.4, -0.2) is 44.7 Å². The quantitative estimate of drug-likeness (QED) is 0.476. The zero-order valence-corrected chi connectivity index (χ0v) is 15.2. The first kappa shape index (κ1) is 20.0. The third-order valence-electron chi connectivity index (χ3n) is 3.29. The van der Waals surface area contributed by atoms with Crippen LogP contribution in [0.4, 0.5) is 0 Å². The van der Waals surface area contributed by atoms with Crippen molar-refractivity contribution in [2.75, 3.05) is 26.8 Å². The second-order valence-corrected chi connectivity index (χ2v) is 5.65. The lowest BCUT2D eigenvalue weighted by molar-refractivity contribution is 0.0953. The molecule has 1 atom stereocenters. The molecule has 0 aromatic heterocycles. The third kappa shape index (κ3) is 7.46. The van der Waals surface area contributed by atoms with Crippen LogP contribution in [0.5, 0.6) is 0 Å². The summed E-state index contributed by atoms with van der Waals surface area (Å²) in [5.41, 5.74) is 1.66. The summed E-state index contributed by atoms with van der Waals surface area (Å²) in [6.45, 7) is 8.68. The van der Waals surface area contributed by atoms with Gasteiger partial charge in [0.15, 0.2) is 5.96 Å². The van der Waals surface area contributed by atoms with Crippen molar-refractivity contribution in [1.29, 1.82) is 0 Å². The van der Waals surface area contributed by atoms with E-state index in [2.05, 4.69) is 20.9 Å². The molecule has 0 saturated carbocycles. The Kier molecular flexibility index (Phi) is 9.53. The number of nitrogens with one attached hydrogen (secondary N) is 3. The summed E-state index contributed by atoms with van der Waals surface area (Å²) in [7, 11) is 1.68. The summed E-state index contributed by atoms with van der Waals surface area (Å²) < 4.78 is 5.13. The van der Waals surface area contributed by atoms with E-state index in [-0.39, 0.29) is 11.9 Å². The topological polar surface area (TPSA) is 74.8 Å². The van der Waals surface area contributed by atoms with Gasteiger partial charge in [0.25, 0.3) is 5.91 Å². The van der Waals surface area contributed by atoms with E-state index in [1.165, 1.54) is 0 Å². The number of hydrogen-bond acceptors (Lipinski definition) is 3. The summed E-state index contributed by atoms with van der Waals surface area (Å²) >= 11 is 0. The van der Waals surface area contributed by atoms with E-state index in [1.807, 2.05) is 45.0 Å². The number of aliphatic imine (C=N–C) groups is 1. The normalized spacial score (nSPS) is 12.6. The third-order valence-corrected chi connectivity index (χ3v) is 3.29. The van der Waals surface area contributed by atoms with E-state index in [9.17, 15) is 4.79 Å². The fourth-order valence-electron chi connectivity index (χ4n) is 2.17. The highest BCUT2D eigenvalue weighted by molar-refractivity contribution is 5.94. The first-order chi connectivity index (χ1) is 11.6. The van der Waals surface area contributed by atoms with E-state index in [1.54, 1.807) is 7.11 Å². The average Bonchev–Trinajstić information content (AvgIpc) is 2.58. The van der Waals surface area contributed by atoms with Crippen LogP contribution in [0, 0.1) is 0 Å². The number of amides is 1. The molecule has 134 valence electrons. The highest BCUT2D eigenvalue weighted by atomic mass is 16.5. The van der Waals surface area contributed by atoms with Crippen molar-refractivity contribution >= 4 is 11.9 Å². The molecule has 1 rings (SSSR count). The van der Waals surface area contributed by atoms with Gasteiger partial charge in [0.05, 0.1) is 13.2 Å². The van der Waals surface area contributed by atoms with Crippen molar-refractivity contribution < 1.29 is 9.53 Å². The molecule has 0 aliphatic carbocycles. The lowest BCUT2D eigenvalue weighted by atomic mass is 10.1. The number of carbonyl (C=O) groups excluding carboxylic acids is 1. The molecule has 0 radical (unpaired) electrons. The predicted octanol–water partition coefficient (Wildman–Crippen LogP) is 1.92. The maximum atomic E-state index is 12.0. The summed E-state index contributed by atoms with van der Waals surface area (Å²) in [5.74, 6) is 0.698. The minimum Gasteiger partial charge on any atom is -0.383 e. The number of ether oxygens (including phenoxy) is 1. The van der Waals surface area contributed by atoms with Gasteiger partial charge in [0.2, 0.25) is 0 Å². The SMILES string of the molecule is CCCNC(=O)c1cccc(CN=C(NCC)NC(C)COC)c1. The second kappa shape index (κ2) is 11.5. The van der Waals surface area contributed by atoms with Gasteiger partial charge in [-0.05, 0) is 38.0 Å². The van der Waals surface area contributed by atoms with Crippen molar-refractivity contribution in [2.24, 2.45) is 4.99 Å². The Balaban J connectivity index is 2.73. The molecule has 0 spiro atoms. The number of methoxy groups -OCH3 is 1. The van der Waals surface area contributed by atoms with Gasteiger partial charge in [-0.2, -0.15) is 0 Å². The number of hydrogen-bond donors (Lipinski definition) is 3. The molecule has 24 heavy (non-hydrogen) atoms. The predicted molar refractivity (Wildman–Crippen MR) is 98.4 cm³/mol. The molecule has 1 unspecified atom stereocenters. The molecular weight excluding hydrogens is 304 g/mol. The number of guanidine groups is 1. The molecule has 0 fully saturated rings. The number of nitrogens with zero attached hydrogens (tertiary/aromatic N) is 1. The largest absolute Gasteiger partial charge is 0.383 e. The maximum absolute atomic E-state index is 12.0. The van der Waals surface area contributed by atoms with Gasteiger partial charge < -0.3 is 20.7 Å². The molecule has 0 heterocycles. The van der Waals surface area contributed by atoms with Gasteiger partial charge in [-0.15, -0.1) is 0 Å². The van der Waals surface area contributed by atoms with Crippen LogP contribution in [0.3, 0.4) is 0 Å². The average molecular weight is 334 g/mol. The number of benzene rings is 1. The lowest BCUT2D eigenvalue weighted by Gasteiger charge is -2.17. The van der Waals surface area contributed by atoms with E-state index < -0.39 is 0 Å². The Bertz CT molecular complexity index is 532. The maximum Gasteiger partial charge on any atom is 0.251 e. The van der Waals surface area contributed by atoms with Crippen LogP contribution in [0.15, 0.2) is 29.3 Å². The molecule has 1 amide bonds. The van der Waals surface area contributed by atoms with Gasteiger partial charge in [0.1, 0.15) is 0 Å². The first-order valence-corrected chi connectivity index (χ1v) is 8.51. The minimum absolute atomic E-state index is 0.0403. The van der Waals surface area contributed by atoms with Crippen molar-refractivity contribution in [3.05, 3.63) is 35.4 Å². The summed E-state index contributed by atoms with van der Waals surface area (Å²) in [5, 5.41) is 9.39. The lowest BCUT2D eigenvalue weighted by Crippen LogP contribution is -2.43. The molecule has 0 bridgehead atoms. The summed E-state index contributed by atoms with van der Waals surface area (Å²) in [4.78, 5) is 16.6. The molecule has 1 aromatic carbocycles.